The third-order valence-electron chi connectivity index (χ3n) is 5.12. The Hall–Kier alpha value is -1.85. The second kappa shape index (κ2) is 8.69. The number of hydrogen-bond donors (Lipinski definition) is 2. The van der Waals surface area contributed by atoms with Gasteiger partial charge in [0.05, 0.1) is 17.7 Å². The Morgan fingerprint density at radius 3 is 2.46 bits per heavy atom. The largest absolute Gasteiger partial charge is 0.387 e. The first-order valence-electron chi connectivity index (χ1n) is 9.04. The third-order valence-corrected chi connectivity index (χ3v) is 5.65. The van der Waals surface area contributed by atoms with Gasteiger partial charge in [0, 0.05) is 22.8 Å². The number of nitrogens with zero attached hydrogens (tertiary/aromatic N) is 1. The number of nitrogens with one attached hydrogen (secondary N) is 1. The Morgan fingerprint density at radius 1 is 1.15 bits per heavy atom. The Kier molecular flexibility index (Phi) is 6.33. The van der Waals surface area contributed by atoms with Gasteiger partial charge in [0.25, 0.3) is 0 Å². The van der Waals surface area contributed by atoms with Gasteiger partial charge >= 0.3 is 0 Å². The van der Waals surface area contributed by atoms with Crippen molar-refractivity contribution in [1.82, 2.24) is 4.98 Å². The van der Waals surface area contributed by atoms with E-state index in [0.717, 1.165) is 36.6 Å². The topological polar surface area (TPSA) is 74.0 Å². The number of pyridine rings is 1. The van der Waals surface area contributed by atoms with Gasteiger partial charge in [0.2, 0.25) is 0 Å². The van der Waals surface area contributed by atoms with Crippen LogP contribution < -0.4 is 0 Å². The maximum atomic E-state index is 13.3. The monoisotopic (exact) mass is 414 g/mol. The molecule has 0 bridgehead atoms. The highest BCUT2D eigenvalue weighted by atomic mass is 79.9. The summed E-state index contributed by atoms with van der Waals surface area (Å²) in [4.78, 5) is 17.3. The number of carbonyl (C=O) groups is 1. The summed E-state index contributed by atoms with van der Waals surface area (Å²) in [6.07, 6.45) is 7.08. The number of halogens is 1. The zero-order valence-electron chi connectivity index (χ0n) is 14.6. The number of aliphatic hydroxyl groups excluding tert-OH is 1. The first-order chi connectivity index (χ1) is 12.6. The predicted octanol–water partition coefficient (Wildman–Crippen LogP) is 4.71. The minimum atomic E-state index is -1.06. The molecule has 1 aliphatic carbocycles. The summed E-state index contributed by atoms with van der Waals surface area (Å²) in [5, 5.41) is 19.6. The van der Waals surface area contributed by atoms with E-state index in [4.69, 9.17) is 5.41 Å². The van der Waals surface area contributed by atoms with E-state index < -0.39 is 12.0 Å². The van der Waals surface area contributed by atoms with Crippen molar-refractivity contribution in [3.8, 4) is 0 Å². The molecule has 3 rings (SSSR count). The van der Waals surface area contributed by atoms with Gasteiger partial charge < -0.3 is 10.5 Å². The molecule has 2 N–H and O–H groups in total. The minimum Gasteiger partial charge on any atom is -0.387 e. The Morgan fingerprint density at radius 2 is 1.85 bits per heavy atom. The molecule has 0 aliphatic heterocycles. The second-order valence-corrected chi connectivity index (χ2v) is 7.78. The van der Waals surface area contributed by atoms with Gasteiger partial charge in [0.15, 0.2) is 0 Å². The number of aromatic nitrogens is 1. The summed E-state index contributed by atoms with van der Waals surface area (Å²) in [5.41, 5.74) is 1.40. The summed E-state index contributed by atoms with van der Waals surface area (Å²) >= 11 is 3.39. The maximum Gasteiger partial charge on any atom is 0.147 e. The van der Waals surface area contributed by atoms with Crippen molar-refractivity contribution in [2.45, 2.75) is 38.2 Å². The molecule has 136 valence electrons. The molecule has 2 unspecified atom stereocenters. The van der Waals surface area contributed by atoms with Gasteiger partial charge in [-0.2, -0.15) is 0 Å². The van der Waals surface area contributed by atoms with Crippen molar-refractivity contribution < 1.29 is 9.90 Å². The van der Waals surface area contributed by atoms with E-state index in [1.165, 1.54) is 0 Å². The van der Waals surface area contributed by atoms with Gasteiger partial charge in [-0.15, -0.1) is 0 Å². The molecule has 4 nitrogen and oxygen atoms in total. The highest BCUT2D eigenvalue weighted by Crippen LogP contribution is 2.33. The number of carbonyl (C=O) groups excluding carboxylic acids is 1. The van der Waals surface area contributed by atoms with Crippen LogP contribution >= 0.6 is 15.9 Å². The van der Waals surface area contributed by atoms with Crippen molar-refractivity contribution in [1.29, 1.82) is 5.41 Å². The standard InChI is InChI=1S/C21H23BrN2O2/c22-17-10-8-14(9-11-17)19(23)18(20(25)15-5-2-1-3-6-15)21(26)16-7-4-12-24-13-16/h4,7-13,15,18,21,23,26H,1-3,5-6H2. The predicted molar refractivity (Wildman–Crippen MR) is 105 cm³/mol. The SMILES string of the molecule is N=C(c1ccc(Br)cc1)C(C(=O)C1CCCCC1)C(O)c1cccnc1. The normalized spacial score (nSPS) is 17.5. The van der Waals surface area contributed by atoms with Crippen LogP contribution in [0.15, 0.2) is 53.3 Å². The zero-order chi connectivity index (χ0) is 18.5. The first kappa shape index (κ1) is 18.9. The van der Waals surface area contributed by atoms with Crippen molar-refractivity contribution in [2.75, 3.05) is 0 Å². The zero-order valence-corrected chi connectivity index (χ0v) is 16.2. The molecule has 0 spiro atoms. The number of aliphatic hydroxyl groups is 1. The average Bonchev–Trinajstić information content (AvgIpc) is 2.69. The molecule has 26 heavy (non-hydrogen) atoms. The fourth-order valence-electron chi connectivity index (χ4n) is 3.65. The number of Topliss-reactive ketones (excluding diaryl/α,β-unsaturated/α-hetero) is 1. The quantitative estimate of drug-likeness (QED) is 0.671. The Labute approximate surface area is 162 Å². The second-order valence-electron chi connectivity index (χ2n) is 6.87. The highest BCUT2D eigenvalue weighted by molar-refractivity contribution is 9.10. The lowest BCUT2D eigenvalue weighted by molar-refractivity contribution is -0.128. The lowest BCUT2D eigenvalue weighted by Gasteiger charge is -2.29. The lowest BCUT2D eigenvalue weighted by atomic mass is 9.76. The summed E-state index contributed by atoms with van der Waals surface area (Å²) in [6.45, 7) is 0. The number of benzene rings is 1. The molecule has 1 fully saturated rings. The molecule has 5 heteroatoms. The average molecular weight is 415 g/mol. The van der Waals surface area contributed by atoms with Gasteiger partial charge in [-0.05, 0) is 42.2 Å². The van der Waals surface area contributed by atoms with Gasteiger partial charge in [0.1, 0.15) is 5.78 Å². The van der Waals surface area contributed by atoms with E-state index in [-0.39, 0.29) is 17.4 Å². The van der Waals surface area contributed by atoms with E-state index in [0.29, 0.717) is 11.1 Å². The van der Waals surface area contributed by atoms with Crippen LogP contribution in [0.2, 0.25) is 0 Å². The van der Waals surface area contributed by atoms with Gasteiger partial charge in [-0.3, -0.25) is 9.78 Å². The van der Waals surface area contributed by atoms with Crippen molar-refractivity contribution in [3.63, 3.8) is 0 Å². The molecule has 1 heterocycles. The number of hydrogen-bond acceptors (Lipinski definition) is 4. The van der Waals surface area contributed by atoms with Crippen LogP contribution in [0.5, 0.6) is 0 Å². The maximum absolute atomic E-state index is 13.3. The van der Waals surface area contributed by atoms with Crippen LogP contribution in [0.1, 0.15) is 49.3 Å². The highest BCUT2D eigenvalue weighted by Gasteiger charge is 2.37. The van der Waals surface area contributed by atoms with Crippen LogP contribution in [0.4, 0.5) is 0 Å². The molecule has 0 saturated heterocycles. The van der Waals surface area contributed by atoms with Crippen molar-refractivity contribution >= 4 is 27.4 Å². The molecule has 2 atom stereocenters. The van der Waals surface area contributed by atoms with Crippen LogP contribution in [0, 0.1) is 17.2 Å². The molecule has 0 radical (unpaired) electrons. The number of rotatable bonds is 6. The van der Waals surface area contributed by atoms with Crippen LogP contribution in [-0.2, 0) is 4.79 Å². The molecular formula is C21H23BrN2O2. The fourth-order valence-corrected chi connectivity index (χ4v) is 3.91. The molecular weight excluding hydrogens is 392 g/mol. The lowest BCUT2D eigenvalue weighted by Crippen LogP contribution is -2.35. The fraction of sp³-hybridized carbons (Fsp3) is 0.381. The Balaban J connectivity index is 1.93. The molecule has 1 aromatic carbocycles. The summed E-state index contributed by atoms with van der Waals surface area (Å²) in [5.74, 6) is -0.965. The molecule has 0 amide bonds. The van der Waals surface area contributed by atoms with Gasteiger partial charge in [-0.25, -0.2) is 0 Å². The van der Waals surface area contributed by atoms with Gasteiger partial charge in [-0.1, -0.05) is 53.4 Å². The first-order valence-corrected chi connectivity index (χ1v) is 9.83. The van der Waals surface area contributed by atoms with Crippen molar-refractivity contribution in [2.24, 2.45) is 11.8 Å². The molecule has 1 aromatic heterocycles. The smallest absolute Gasteiger partial charge is 0.147 e. The van der Waals surface area contributed by atoms with Crippen molar-refractivity contribution in [3.05, 3.63) is 64.4 Å². The third kappa shape index (κ3) is 4.27. The van der Waals surface area contributed by atoms with E-state index >= 15 is 0 Å². The van der Waals surface area contributed by atoms with E-state index in [9.17, 15) is 9.90 Å². The number of ketones is 1. The van der Waals surface area contributed by atoms with E-state index in [1.54, 1.807) is 24.5 Å². The minimum absolute atomic E-state index is 0.0195. The summed E-state index contributed by atoms with van der Waals surface area (Å²) in [7, 11) is 0. The summed E-state index contributed by atoms with van der Waals surface area (Å²) < 4.78 is 0.914. The Bertz CT molecular complexity index is 755. The van der Waals surface area contributed by atoms with Crippen LogP contribution in [-0.4, -0.2) is 21.6 Å². The van der Waals surface area contributed by atoms with Crippen LogP contribution in [0.3, 0.4) is 0 Å². The molecule has 2 aromatic rings. The molecule has 1 aliphatic rings. The van der Waals surface area contributed by atoms with Crippen LogP contribution in [0.25, 0.3) is 0 Å². The van der Waals surface area contributed by atoms with E-state index in [1.807, 2.05) is 24.3 Å². The summed E-state index contributed by atoms with van der Waals surface area (Å²) in [6, 6.07) is 10.8. The molecule has 1 saturated carbocycles. The van der Waals surface area contributed by atoms with E-state index in [2.05, 4.69) is 20.9 Å².